The van der Waals surface area contributed by atoms with Crippen LogP contribution in [0, 0.1) is 0 Å². The van der Waals surface area contributed by atoms with E-state index in [1.807, 2.05) is 78.9 Å². The van der Waals surface area contributed by atoms with Crippen LogP contribution in [0.5, 0.6) is 11.5 Å². The van der Waals surface area contributed by atoms with Gasteiger partial charge in [-0.2, -0.15) is 0 Å². The summed E-state index contributed by atoms with van der Waals surface area (Å²) in [5.41, 5.74) is 3.01. The van der Waals surface area contributed by atoms with Crippen molar-refractivity contribution in [1.82, 2.24) is 5.32 Å². The normalized spacial score (nSPS) is 10.5. The van der Waals surface area contributed by atoms with Crippen LogP contribution < -0.4 is 14.8 Å². The van der Waals surface area contributed by atoms with Crippen molar-refractivity contribution >= 4 is 5.91 Å². The van der Waals surface area contributed by atoms with E-state index in [4.69, 9.17) is 9.47 Å². The quantitative estimate of drug-likeness (QED) is 0.642. The summed E-state index contributed by atoms with van der Waals surface area (Å²) >= 11 is 0. The van der Waals surface area contributed by atoms with Gasteiger partial charge in [0, 0.05) is 12.6 Å². The number of carbonyl (C=O) groups excluding carboxylic acids is 1. The molecular formula is C24H25NO3. The molecule has 1 N–H and O–H groups in total. The molecule has 4 heteroatoms. The molecule has 0 aliphatic heterocycles. The Morgan fingerprint density at radius 1 is 0.821 bits per heavy atom. The molecule has 0 heterocycles. The molecule has 144 valence electrons. The molecular weight excluding hydrogens is 350 g/mol. The van der Waals surface area contributed by atoms with E-state index in [1.165, 1.54) is 0 Å². The van der Waals surface area contributed by atoms with Crippen molar-refractivity contribution < 1.29 is 14.3 Å². The third kappa shape index (κ3) is 4.92. The molecule has 0 saturated carbocycles. The first-order valence-corrected chi connectivity index (χ1v) is 9.31. The summed E-state index contributed by atoms with van der Waals surface area (Å²) in [6.45, 7) is 0.533. The summed E-state index contributed by atoms with van der Waals surface area (Å²) in [5, 5.41) is 3.08. The van der Waals surface area contributed by atoms with Gasteiger partial charge in [0.05, 0.1) is 20.1 Å². The number of hydrogen-bond acceptors (Lipinski definition) is 3. The first kappa shape index (κ1) is 19.5. The van der Waals surface area contributed by atoms with Crippen molar-refractivity contribution in [2.24, 2.45) is 0 Å². The molecule has 3 aromatic carbocycles. The molecule has 0 aliphatic carbocycles. The highest BCUT2D eigenvalue weighted by atomic mass is 16.5. The zero-order chi connectivity index (χ0) is 19.8. The van der Waals surface area contributed by atoms with E-state index in [9.17, 15) is 4.79 Å². The average Bonchev–Trinajstić information content (AvgIpc) is 2.75. The maximum Gasteiger partial charge on any atom is 0.232 e. The maximum absolute atomic E-state index is 13.0. The number of rotatable bonds is 8. The molecule has 0 fully saturated rings. The first-order chi connectivity index (χ1) is 13.7. The Morgan fingerprint density at radius 3 is 1.79 bits per heavy atom. The van der Waals surface area contributed by atoms with Crippen LogP contribution >= 0.6 is 0 Å². The number of nitrogens with one attached hydrogen (secondary N) is 1. The molecule has 0 radical (unpaired) electrons. The lowest BCUT2D eigenvalue weighted by atomic mass is 9.90. The second-order valence-electron chi connectivity index (χ2n) is 6.52. The van der Waals surface area contributed by atoms with Crippen molar-refractivity contribution in [2.45, 2.75) is 12.3 Å². The number of ether oxygens (including phenoxy) is 2. The van der Waals surface area contributed by atoms with Crippen LogP contribution in [0.4, 0.5) is 0 Å². The van der Waals surface area contributed by atoms with Crippen molar-refractivity contribution in [1.29, 1.82) is 0 Å². The predicted molar refractivity (Wildman–Crippen MR) is 111 cm³/mol. The van der Waals surface area contributed by atoms with Crippen molar-refractivity contribution in [3.8, 4) is 11.5 Å². The lowest BCUT2D eigenvalue weighted by molar-refractivity contribution is -0.121. The van der Waals surface area contributed by atoms with Gasteiger partial charge in [-0.15, -0.1) is 0 Å². The number of benzene rings is 3. The Kier molecular flexibility index (Phi) is 6.68. The van der Waals surface area contributed by atoms with Crippen LogP contribution in [-0.2, 0) is 11.2 Å². The molecule has 0 saturated heterocycles. The fraction of sp³-hybridized carbons (Fsp3) is 0.208. The number of carbonyl (C=O) groups is 1. The van der Waals surface area contributed by atoms with Gasteiger partial charge in [-0.25, -0.2) is 0 Å². The molecule has 3 rings (SSSR count). The Balaban J connectivity index is 1.71. The SMILES string of the molecule is COc1cc(CCNC(=O)C(c2ccccc2)c2ccccc2)cc(OC)c1. The predicted octanol–water partition coefficient (Wildman–Crippen LogP) is 4.19. The molecule has 0 bridgehead atoms. The second kappa shape index (κ2) is 9.60. The van der Waals surface area contributed by atoms with Gasteiger partial charge in [0.2, 0.25) is 5.91 Å². The van der Waals surface area contributed by atoms with Crippen LogP contribution in [0.15, 0.2) is 78.9 Å². The van der Waals surface area contributed by atoms with Gasteiger partial charge in [0.1, 0.15) is 11.5 Å². The van der Waals surface area contributed by atoms with Gasteiger partial charge in [0.25, 0.3) is 0 Å². The Labute approximate surface area is 166 Å². The van der Waals surface area contributed by atoms with E-state index in [0.29, 0.717) is 13.0 Å². The van der Waals surface area contributed by atoms with Gasteiger partial charge in [-0.3, -0.25) is 4.79 Å². The summed E-state index contributed by atoms with van der Waals surface area (Å²) in [7, 11) is 3.26. The second-order valence-corrected chi connectivity index (χ2v) is 6.52. The van der Waals surface area contributed by atoms with Crippen LogP contribution in [0.1, 0.15) is 22.6 Å². The number of hydrogen-bond donors (Lipinski definition) is 1. The smallest absolute Gasteiger partial charge is 0.232 e. The van der Waals surface area contributed by atoms with Crippen LogP contribution in [0.2, 0.25) is 0 Å². The Bertz CT molecular complexity index is 832. The molecule has 1 amide bonds. The molecule has 0 spiro atoms. The zero-order valence-corrected chi connectivity index (χ0v) is 16.2. The zero-order valence-electron chi connectivity index (χ0n) is 16.2. The average molecular weight is 375 g/mol. The van der Waals surface area contributed by atoms with Crippen LogP contribution in [0.25, 0.3) is 0 Å². The minimum absolute atomic E-state index is 0.00717. The fourth-order valence-electron chi connectivity index (χ4n) is 3.23. The highest BCUT2D eigenvalue weighted by molar-refractivity contribution is 5.87. The van der Waals surface area contributed by atoms with Gasteiger partial charge < -0.3 is 14.8 Å². The largest absolute Gasteiger partial charge is 0.497 e. The van der Waals surface area contributed by atoms with E-state index in [0.717, 1.165) is 28.2 Å². The molecule has 28 heavy (non-hydrogen) atoms. The van der Waals surface area contributed by atoms with Gasteiger partial charge in [-0.05, 0) is 35.2 Å². The summed E-state index contributed by atoms with van der Waals surface area (Å²) in [6, 6.07) is 25.5. The first-order valence-electron chi connectivity index (χ1n) is 9.31. The lowest BCUT2D eigenvalue weighted by Crippen LogP contribution is -2.31. The molecule has 4 nitrogen and oxygen atoms in total. The monoisotopic (exact) mass is 375 g/mol. The number of methoxy groups -OCH3 is 2. The molecule has 3 aromatic rings. The number of amides is 1. The van der Waals surface area contributed by atoms with E-state index in [-0.39, 0.29) is 11.8 Å². The Hall–Kier alpha value is -3.27. The van der Waals surface area contributed by atoms with Gasteiger partial charge >= 0.3 is 0 Å². The molecule has 0 unspecified atom stereocenters. The standard InChI is InChI=1S/C24H25NO3/c1-27-21-15-18(16-22(17-21)28-2)13-14-25-24(26)23(19-9-5-3-6-10-19)20-11-7-4-8-12-20/h3-12,15-17,23H,13-14H2,1-2H3,(H,25,26). The van der Waals surface area contributed by atoms with E-state index >= 15 is 0 Å². The third-order valence-corrected chi connectivity index (χ3v) is 4.65. The van der Waals surface area contributed by atoms with Gasteiger partial charge in [-0.1, -0.05) is 60.7 Å². The third-order valence-electron chi connectivity index (χ3n) is 4.65. The van der Waals surface area contributed by atoms with Crippen LogP contribution in [0.3, 0.4) is 0 Å². The van der Waals surface area contributed by atoms with Crippen molar-refractivity contribution in [3.63, 3.8) is 0 Å². The molecule has 0 aliphatic rings. The summed E-state index contributed by atoms with van der Waals surface area (Å²) in [4.78, 5) is 13.0. The highest BCUT2D eigenvalue weighted by Crippen LogP contribution is 2.25. The maximum atomic E-state index is 13.0. The van der Waals surface area contributed by atoms with Gasteiger partial charge in [0.15, 0.2) is 0 Å². The molecule has 0 aromatic heterocycles. The summed E-state index contributed by atoms with van der Waals surface area (Å²) in [6.07, 6.45) is 0.690. The van der Waals surface area contributed by atoms with E-state index in [2.05, 4.69) is 5.32 Å². The van der Waals surface area contributed by atoms with E-state index in [1.54, 1.807) is 14.2 Å². The van der Waals surface area contributed by atoms with Crippen LogP contribution in [-0.4, -0.2) is 26.7 Å². The minimum Gasteiger partial charge on any atom is -0.497 e. The Morgan fingerprint density at radius 2 is 1.32 bits per heavy atom. The van der Waals surface area contributed by atoms with Crippen molar-refractivity contribution in [2.75, 3.05) is 20.8 Å². The lowest BCUT2D eigenvalue weighted by Gasteiger charge is -2.18. The minimum atomic E-state index is -0.331. The fourth-order valence-corrected chi connectivity index (χ4v) is 3.23. The molecule has 0 atom stereocenters. The summed E-state index contributed by atoms with van der Waals surface area (Å²) in [5.74, 6) is 1.15. The van der Waals surface area contributed by atoms with Crippen molar-refractivity contribution in [3.05, 3.63) is 95.6 Å². The topological polar surface area (TPSA) is 47.6 Å². The summed E-state index contributed by atoms with van der Waals surface area (Å²) < 4.78 is 10.6. The highest BCUT2D eigenvalue weighted by Gasteiger charge is 2.22. The van der Waals surface area contributed by atoms with E-state index < -0.39 is 0 Å².